The molecule has 0 atom stereocenters. The van der Waals surface area contributed by atoms with Crippen molar-refractivity contribution in [1.82, 2.24) is 0 Å². The Morgan fingerprint density at radius 2 is 2.00 bits per heavy atom. The Bertz CT molecular complexity index is 828. The number of aryl methyl sites for hydroxylation is 1. The topological polar surface area (TPSA) is 79.2 Å². The molecule has 0 saturated carbocycles. The number of anilines is 1. The Labute approximate surface area is 151 Å². The molecule has 128 valence electrons. The van der Waals surface area contributed by atoms with E-state index in [9.17, 15) is 9.59 Å². The maximum Gasteiger partial charge on any atom is 0.337 e. The van der Waals surface area contributed by atoms with Crippen LogP contribution in [0.3, 0.4) is 0 Å². The van der Waals surface area contributed by atoms with Crippen molar-refractivity contribution in [3.8, 4) is 6.07 Å². The molecule has 5 nitrogen and oxygen atoms in total. The molecule has 0 unspecified atom stereocenters. The van der Waals surface area contributed by atoms with Gasteiger partial charge in [-0.05, 0) is 36.2 Å². The smallest absolute Gasteiger partial charge is 0.337 e. The highest BCUT2D eigenvalue weighted by atomic mass is 32.2. The molecule has 2 rings (SSSR count). The average Bonchev–Trinajstić information content (AvgIpc) is 2.63. The summed E-state index contributed by atoms with van der Waals surface area (Å²) < 4.78 is 4.69. The van der Waals surface area contributed by atoms with Gasteiger partial charge in [0.15, 0.2) is 0 Å². The number of amides is 1. The molecule has 1 amide bonds. The summed E-state index contributed by atoms with van der Waals surface area (Å²) in [6.45, 7) is 1.85. The SMILES string of the molecule is COC(=O)c1ccc(C)c(NC(=O)CSCc2ccccc2C#N)c1. The minimum atomic E-state index is -0.446. The summed E-state index contributed by atoms with van der Waals surface area (Å²) in [6.07, 6.45) is 0. The van der Waals surface area contributed by atoms with Gasteiger partial charge in [0, 0.05) is 11.4 Å². The van der Waals surface area contributed by atoms with Gasteiger partial charge in [-0.3, -0.25) is 4.79 Å². The van der Waals surface area contributed by atoms with Crippen LogP contribution in [0.4, 0.5) is 5.69 Å². The number of ether oxygens (including phenoxy) is 1. The zero-order valence-electron chi connectivity index (χ0n) is 14.0. The lowest BCUT2D eigenvalue weighted by molar-refractivity contribution is -0.113. The second-order valence-corrected chi connectivity index (χ2v) is 6.32. The second kappa shape index (κ2) is 8.90. The van der Waals surface area contributed by atoms with Gasteiger partial charge in [0.2, 0.25) is 5.91 Å². The van der Waals surface area contributed by atoms with Crippen LogP contribution in [-0.2, 0) is 15.3 Å². The lowest BCUT2D eigenvalue weighted by Gasteiger charge is -2.10. The largest absolute Gasteiger partial charge is 0.465 e. The van der Waals surface area contributed by atoms with Crippen molar-refractivity contribution in [2.24, 2.45) is 0 Å². The maximum absolute atomic E-state index is 12.1. The van der Waals surface area contributed by atoms with Crippen LogP contribution >= 0.6 is 11.8 Å². The highest BCUT2D eigenvalue weighted by Crippen LogP contribution is 2.19. The van der Waals surface area contributed by atoms with Gasteiger partial charge in [0.25, 0.3) is 0 Å². The first-order chi connectivity index (χ1) is 12.0. The number of nitriles is 1. The summed E-state index contributed by atoms with van der Waals surface area (Å²) in [6, 6.07) is 14.5. The molecule has 0 bridgehead atoms. The standard InChI is InChI=1S/C19H18N2O3S/c1-13-7-8-14(19(23)24-2)9-17(13)21-18(22)12-25-11-16-6-4-3-5-15(16)10-20/h3-9H,11-12H2,1-2H3,(H,21,22). The van der Waals surface area contributed by atoms with Gasteiger partial charge in [-0.1, -0.05) is 24.3 Å². The van der Waals surface area contributed by atoms with Gasteiger partial charge in [0.05, 0.1) is 30.1 Å². The van der Waals surface area contributed by atoms with E-state index >= 15 is 0 Å². The Kier molecular flexibility index (Phi) is 6.61. The predicted molar refractivity (Wildman–Crippen MR) is 98.5 cm³/mol. The molecule has 1 N–H and O–H groups in total. The molecule has 0 radical (unpaired) electrons. The van der Waals surface area contributed by atoms with E-state index in [0.29, 0.717) is 22.6 Å². The maximum atomic E-state index is 12.1. The molecule has 0 spiro atoms. The van der Waals surface area contributed by atoms with Crippen molar-refractivity contribution in [3.63, 3.8) is 0 Å². The number of esters is 1. The first kappa shape index (κ1) is 18.6. The number of hydrogen-bond donors (Lipinski definition) is 1. The zero-order valence-corrected chi connectivity index (χ0v) is 14.9. The first-order valence-electron chi connectivity index (χ1n) is 7.59. The van der Waals surface area contributed by atoms with Gasteiger partial charge in [-0.25, -0.2) is 4.79 Å². The number of thioether (sulfide) groups is 1. The van der Waals surface area contributed by atoms with E-state index in [4.69, 9.17) is 5.26 Å². The number of hydrogen-bond acceptors (Lipinski definition) is 5. The van der Waals surface area contributed by atoms with E-state index in [0.717, 1.165) is 11.1 Å². The number of carbonyl (C=O) groups is 2. The summed E-state index contributed by atoms with van der Waals surface area (Å²) in [4.78, 5) is 23.7. The molecule has 2 aromatic rings. The molecule has 0 aliphatic heterocycles. The van der Waals surface area contributed by atoms with E-state index in [1.807, 2.05) is 25.1 Å². The van der Waals surface area contributed by atoms with Crippen molar-refractivity contribution < 1.29 is 14.3 Å². The Morgan fingerprint density at radius 1 is 1.24 bits per heavy atom. The molecule has 2 aromatic carbocycles. The van der Waals surface area contributed by atoms with E-state index in [-0.39, 0.29) is 11.7 Å². The first-order valence-corrected chi connectivity index (χ1v) is 8.75. The quantitative estimate of drug-likeness (QED) is 0.803. The average molecular weight is 354 g/mol. The number of nitrogens with zero attached hydrogens (tertiary/aromatic N) is 1. The summed E-state index contributed by atoms with van der Waals surface area (Å²) in [7, 11) is 1.32. The van der Waals surface area contributed by atoms with Gasteiger partial charge < -0.3 is 10.1 Å². The van der Waals surface area contributed by atoms with Crippen molar-refractivity contribution in [1.29, 1.82) is 5.26 Å². The van der Waals surface area contributed by atoms with Crippen LogP contribution in [0.25, 0.3) is 0 Å². The molecule has 0 aliphatic carbocycles. The molecule has 0 saturated heterocycles. The van der Waals surface area contributed by atoms with Crippen molar-refractivity contribution in [2.75, 3.05) is 18.2 Å². The number of rotatable bonds is 6. The van der Waals surface area contributed by atoms with E-state index in [2.05, 4.69) is 16.1 Å². The lowest BCUT2D eigenvalue weighted by Crippen LogP contribution is -2.15. The van der Waals surface area contributed by atoms with Crippen LogP contribution in [0.5, 0.6) is 0 Å². The van der Waals surface area contributed by atoms with Crippen LogP contribution < -0.4 is 5.32 Å². The minimum absolute atomic E-state index is 0.162. The molecule has 25 heavy (non-hydrogen) atoms. The molecule has 0 heterocycles. The Morgan fingerprint density at radius 3 is 2.72 bits per heavy atom. The summed E-state index contributed by atoms with van der Waals surface area (Å²) in [5.74, 6) is 0.225. The Balaban J connectivity index is 1.94. The fourth-order valence-corrected chi connectivity index (χ4v) is 3.03. The van der Waals surface area contributed by atoms with Crippen molar-refractivity contribution in [3.05, 3.63) is 64.7 Å². The fraction of sp³-hybridized carbons (Fsp3) is 0.211. The third kappa shape index (κ3) is 5.10. The second-order valence-electron chi connectivity index (χ2n) is 5.33. The van der Waals surface area contributed by atoms with Crippen LogP contribution in [0.1, 0.15) is 27.0 Å². The zero-order chi connectivity index (χ0) is 18.2. The molecular weight excluding hydrogens is 336 g/mol. The van der Waals surface area contributed by atoms with Crippen LogP contribution in [0, 0.1) is 18.3 Å². The molecular formula is C19H18N2O3S. The summed E-state index contributed by atoms with van der Waals surface area (Å²) in [5, 5.41) is 11.9. The number of carbonyl (C=O) groups excluding carboxylic acids is 2. The van der Waals surface area contributed by atoms with E-state index in [1.54, 1.807) is 24.3 Å². The number of methoxy groups -OCH3 is 1. The highest BCUT2D eigenvalue weighted by molar-refractivity contribution is 7.99. The number of nitrogens with one attached hydrogen (secondary N) is 1. The van der Waals surface area contributed by atoms with Gasteiger partial charge in [-0.15, -0.1) is 11.8 Å². The fourth-order valence-electron chi connectivity index (χ4n) is 2.20. The van der Waals surface area contributed by atoms with E-state index in [1.165, 1.54) is 18.9 Å². The van der Waals surface area contributed by atoms with E-state index < -0.39 is 5.97 Å². The normalized spacial score (nSPS) is 9.96. The predicted octanol–water partition coefficient (Wildman–Crippen LogP) is 3.53. The van der Waals surface area contributed by atoms with Gasteiger partial charge in [-0.2, -0.15) is 5.26 Å². The van der Waals surface area contributed by atoms with Crippen LogP contribution in [0.15, 0.2) is 42.5 Å². The monoisotopic (exact) mass is 354 g/mol. The summed E-state index contributed by atoms with van der Waals surface area (Å²) >= 11 is 1.43. The van der Waals surface area contributed by atoms with Gasteiger partial charge in [0.1, 0.15) is 0 Å². The van der Waals surface area contributed by atoms with Crippen LogP contribution in [0.2, 0.25) is 0 Å². The molecule has 0 aromatic heterocycles. The highest BCUT2D eigenvalue weighted by Gasteiger charge is 2.11. The summed E-state index contributed by atoms with van der Waals surface area (Å²) in [5.41, 5.74) is 3.37. The molecule has 0 fully saturated rings. The molecule has 6 heteroatoms. The third-order valence-electron chi connectivity index (χ3n) is 3.56. The lowest BCUT2D eigenvalue weighted by atomic mass is 10.1. The molecule has 0 aliphatic rings. The Hall–Kier alpha value is -2.78. The van der Waals surface area contributed by atoms with Crippen molar-refractivity contribution in [2.45, 2.75) is 12.7 Å². The number of benzene rings is 2. The third-order valence-corrected chi connectivity index (χ3v) is 4.54. The van der Waals surface area contributed by atoms with Gasteiger partial charge >= 0.3 is 5.97 Å². The van der Waals surface area contributed by atoms with Crippen molar-refractivity contribution >= 4 is 29.3 Å². The van der Waals surface area contributed by atoms with Crippen LogP contribution in [-0.4, -0.2) is 24.7 Å². The minimum Gasteiger partial charge on any atom is -0.465 e.